The van der Waals surface area contributed by atoms with Gasteiger partial charge in [0.25, 0.3) is 0 Å². The Morgan fingerprint density at radius 3 is 2.47 bits per heavy atom. The Morgan fingerprint density at radius 1 is 1.47 bits per heavy atom. The van der Waals surface area contributed by atoms with Gasteiger partial charge in [-0.2, -0.15) is 18.3 Å². The van der Waals surface area contributed by atoms with Crippen molar-refractivity contribution in [1.82, 2.24) is 9.78 Å². The number of aromatic nitrogens is 2. The van der Waals surface area contributed by atoms with Gasteiger partial charge in [-0.15, -0.1) is 11.8 Å². The van der Waals surface area contributed by atoms with E-state index in [9.17, 15) is 13.2 Å². The molecule has 0 saturated heterocycles. The Bertz CT molecular complexity index is 331. The van der Waals surface area contributed by atoms with Gasteiger partial charge in [-0.25, -0.2) is 0 Å². The number of aryl methyl sites for hydroxylation is 1. The topological polar surface area (TPSA) is 17.8 Å². The molecular weight excluding hydrogens is 225 g/mol. The lowest BCUT2D eigenvalue weighted by atomic mass is 10.3. The third-order valence-electron chi connectivity index (χ3n) is 1.69. The summed E-state index contributed by atoms with van der Waals surface area (Å²) in [5.41, 5.74) is -0.823. The van der Waals surface area contributed by atoms with Crippen molar-refractivity contribution < 1.29 is 13.2 Å². The summed E-state index contributed by atoms with van der Waals surface area (Å²) in [6, 6.07) is 1.09. The third-order valence-corrected chi connectivity index (χ3v) is 3.20. The summed E-state index contributed by atoms with van der Waals surface area (Å²) in [5, 5.41) is 3.98. The molecule has 0 aliphatic rings. The van der Waals surface area contributed by atoms with E-state index in [0.717, 1.165) is 11.8 Å². The molecule has 1 aromatic rings. The van der Waals surface area contributed by atoms with E-state index < -0.39 is 11.9 Å². The van der Waals surface area contributed by atoms with Crippen LogP contribution in [0.1, 0.15) is 19.5 Å². The van der Waals surface area contributed by atoms with Gasteiger partial charge < -0.3 is 0 Å². The molecule has 0 N–H and O–H groups in total. The average molecular weight is 238 g/mol. The van der Waals surface area contributed by atoms with Crippen molar-refractivity contribution in [2.75, 3.05) is 5.75 Å². The Balaban J connectivity index is 2.78. The van der Waals surface area contributed by atoms with Crippen LogP contribution >= 0.6 is 11.8 Å². The van der Waals surface area contributed by atoms with Gasteiger partial charge in [-0.3, -0.25) is 4.68 Å². The Morgan fingerprint density at radius 2 is 2.07 bits per heavy atom. The van der Waals surface area contributed by atoms with Crippen molar-refractivity contribution >= 4 is 11.8 Å². The molecule has 86 valence electrons. The molecule has 0 fully saturated rings. The van der Waals surface area contributed by atoms with E-state index >= 15 is 0 Å². The summed E-state index contributed by atoms with van der Waals surface area (Å²) in [6.07, 6.45) is -4.35. The highest BCUT2D eigenvalue weighted by Crippen LogP contribution is 2.31. The van der Waals surface area contributed by atoms with Crippen LogP contribution in [-0.2, 0) is 13.2 Å². The number of nitrogens with zero attached hydrogens (tertiary/aromatic N) is 2. The predicted molar refractivity (Wildman–Crippen MR) is 53.8 cm³/mol. The fourth-order valence-electron chi connectivity index (χ4n) is 0.976. The number of hydrogen-bond acceptors (Lipinski definition) is 2. The summed E-state index contributed by atoms with van der Waals surface area (Å²) in [7, 11) is 1.53. The van der Waals surface area contributed by atoms with Crippen LogP contribution in [0.25, 0.3) is 0 Å². The molecule has 0 amide bonds. The summed E-state index contributed by atoms with van der Waals surface area (Å²) in [6.45, 7) is 4.04. The van der Waals surface area contributed by atoms with Crippen LogP contribution in [-0.4, -0.2) is 15.5 Å². The van der Waals surface area contributed by atoms with E-state index in [1.165, 1.54) is 23.5 Å². The largest absolute Gasteiger partial charge is 0.435 e. The van der Waals surface area contributed by atoms with Crippen molar-refractivity contribution in [1.29, 1.82) is 0 Å². The smallest absolute Gasteiger partial charge is 0.262 e. The fourth-order valence-corrected chi connectivity index (χ4v) is 1.90. The second kappa shape index (κ2) is 4.47. The lowest BCUT2D eigenvalue weighted by Crippen LogP contribution is -2.06. The van der Waals surface area contributed by atoms with Gasteiger partial charge in [0.1, 0.15) is 0 Å². The van der Waals surface area contributed by atoms with E-state index in [2.05, 4.69) is 5.10 Å². The minimum Gasteiger partial charge on any atom is -0.262 e. The molecular formula is C9H13F3N2S. The molecule has 0 aliphatic heterocycles. The van der Waals surface area contributed by atoms with Gasteiger partial charge in [0, 0.05) is 18.9 Å². The van der Waals surface area contributed by atoms with Crippen LogP contribution in [0, 0.1) is 5.92 Å². The molecule has 0 unspecified atom stereocenters. The van der Waals surface area contributed by atoms with Crippen molar-refractivity contribution in [2.24, 2.45) is 13.0 Å². The minimum atomic E-state index is -4.35. The molecule has 0 spiro atoms. The number of thioether (sulfide) groups is 1. The molecule has 0 bridgehead atoms. The first-order chi connectivity index (χ1) is 6.80. The van der Waals surface area contributed by atoms with E-state index in [4.69, 9.17) is 0 Å². The molecule has 1 aromatic heterocycles. The highest BCUT2D eigenvalue weighted by atomic mass is 32.2. The minimum absolute atomic E-state index is 0.444. The molecule has 1 rings (SSSR count). The zero-order valence-corrected chi connectivity index (χ0v) is 9.61. The van der Waals surface area contributed by atoms with Gasteiger partial charge in [0.15, 0.2) is 5.69 Å². The van der Waals surface area contributed by atoms with Gasteiger partial charge in [0.05, 0.1) is 5.03 Å². The second-order valence-corrected chi connectivity index (χ2v) is 4.73. The average Bonchev–Trinajstić information content (AvgIpc) is 2.42. The first-order valence-electron chi connectivity index (χ1n) is 4.54. The first-order valence-corrected chi connectivity index (χ1v) is 5.53. The fraction of sp³-hybridized carbons (Fsp3) is 0.667. The third kappa shape index (κ3) is 3.44. The molecule has 0 atom stereocenters. The van der Waals surface area contributed by atoms with Crippen molar-refractivity contribution in [3.63, 3.8) is 0 Å². The maximum absolute atomic E-state index is 12.3. The Kier molecular flexibility index (Phi) is 3.70. The molecule has 0 saturated carbocycles. The zero-order chi connectivity index (χ0) is 11.6. The molecule has 0 aliphatic carbocycles. The van der Waals surface area contributed by atoms with E-state index in [0.29, 0.717) is 10.9 Å². The number of halogens is 3. The highest BCUT2D eigenvalue weighted by molar-refractivity contribution is 7.99. The second-order valence-electron chi connectivity index (χ2n) is 3.69. The van der Waals surface area contributed by atoms with E-state index in [-0.39, 0.29) is 0 Å². The van der Waals surface area contributed by atoms with Crippen molar-refractivity contribution in [2.45, 2.75) is 25.0 Å². The Hall–Kier alpha value is -0.650. The van der Waals surface area contributed by atoms with Crippen LogP contribution in [0.15, 0.2) is 11.1 Å². The van der Waals surface area contributed by atoms with E-state index in [1.54, 1.807) is 0 Å². The summed E-state index contributed by atoms with van der Waals surface area (Å²) in [5.74, 6) is 1.23. The number of alkyl halides is 3. The standard InChI is InChI=1S/C9H13F3N2S/c1-6(2)5-15-8-4-7(9(10,11)12)13-14(8)3/h4,6H,5H2,1-3H3. The predicted octanol–water partition coefficient (Wildman–Crippen LogP) is 3.19. The first kappa shape index (κ1) is 12.4. The quantitative estimate of drug-likeness (QED) is 0.753. The highest BCUT2D eigenvalue weighted by Gasteiger charge is 2.34. The van der Waals surface area contributed by atoms with Crippen LogP contribution in [0.2, 0.25) is 0 Å². The number of rotatable bonds is 3. The molecule has 1 heterocycles. The van der Waals surface area contributed by atoms with Crippen LogP contribution in [0.5, 0.6) is 0 Å². The summed E-state index contributed by atoms with van der Waals surface area (Å²) >= 11 is 1.39. The van der Waals surface area contributed by atoms with Crippen LogP contribution < -0.4 is 0 Å². The SMILES string of the molecule is CC(C)CSc1cc(C(F)(F)F)nn1C. The lowest BCUT2D eigenvalue weighted by molar-refractivity contribution is -0.141. The summed E-state index contributed by atoms with van der Waals surface area (Å²) < 4.78 is 38.2. The van der Waals surface area contributed by atoms with Gasteiger partial charge in [0.2, 0.25) is 0 Å². The monoisotopic (exact) mass is 238 g/mol. The summed E-state index contributed by atoms with van der Waals surface area (Å²) in [4.78, 5) is 0. The van der Waals surface area contributed by atoms with Gasteiger partial charge in [-0.1, -0.05) is 13.8 Å². The van der Waals surface area contributed by atoms with Crippen LogP contribution in [0.4, 0.5) is 13.2 Å². The maximum Gasteiger partial charge on any atom is 0.435 e. The van der Waals surface area contributed by atoms with Gasteiger partial charge in [-0.05, 0) is 5.92 Å². The van der Waals surface area contributed by atoms with Crippen molar-refractivity contribution in [3.05, 3.63) is 11.8 Å². The van der Waals surface area contributed by atoms with E-state index in [1.807, 2.05) is 13.8 Å². The molecule has 6 heteroatoms. The molecule has 0 aromatic carbocycles. The van der Waals surface area contributed by atoms with Crippen LogP contribution in [0.3, 0.4) is 0 Å². The molecule has 15 heavy (non-hydrogen) atoms. The normalized spacial score (nSPS) is 12.5. The Labute approximate surface area is 90.8 Å². The molecule has 2 nitrogen and oxygen atoms in total. The lowest BCUT2D eigenvalue weighted by Gasteiger charge is -2.03. The number of hydrogen-bond donors (Lipinski definition) is 0. The van der Waals surface area contributed by atoms with Crippen molar-refractivity contribution in [3.8, 4) is 0 Å². The molecule has 0 radical (unpaired) electrons. The maximum atomic E-state index is 12.3. The van der Waals surface area contributed by atoms with Gasteiger partial charge >= 0.3 is 6.18 Å². The zero-order valence-electron chi connectivity index (χ0n) is 8.80.